The summed E-state index contributed by atoms with van der Waals surface area (Å²) in [5.74, 6) is 0.418. The van der Waals surface area contributed by atoms with Crippen LogP contribution in [0.1, 0.15) is 42.5 Å². The number of nitrogens with zero attached hydrogens (tertiary/aromatic N) is 1. The topological polar surface area (TPSA) is 52.6 Å². The molecular weight excluding hydrogens is 264 g/mol. The Balaban J connectivity index is 1.76. The second-order valence-electron chi connectivity index (χ2n) is 6.48. The molecule has 1 aromatic carbocycles. The number of likely N-dealkylation sites (tertiary alicyclic amines) is 1. The van der Waals surface area contributed by atoms with Crippen LogP contribution >= 0.6 is 0 Å². The molecule has 1 saturated heterocycles. The van der Waals surface area contributed by atoms with Gasteiger partial charge >= 0.3 is 6.03 Å². The number of benzene rings is 1. The second kappa shape index (κ2) is 5.68. The lowest BCUT2D eigenvalue weighted by atomic mass is 10.0. The number of urea groups is 1. The maximum absolute atomic E-state index is 12.5. The van der Waals surface area contributed by atoms with Crippen molar-refractivity contribution in [2.24, 2.45) is 5.92 Å². The molecule has 21 heavy (non-hydrogen) atoms. The average molecular weight is 288 g/mol. The monoisotopic (exact) mass is 288 g/mol. The molecule has 2 aliphatic rings. The number of fused-ring (bicyclic) bond motifs is 1. The molecule has 3 atom stereocenters. The van der Waals surface area contributed by atoms with E-state index in [0.717, 1.165) is 25.8 Å². The smallest absolute Gasteiger partial charge is 0.318 e. The van der Waals surface area contributed by atoms with E-state index < -0.39 is 0 Å². The SMILES string of the molecule is Cc1ccc2c(c1)[C@@H](NC(=O)N1CCC[C@H]1CO)[C@H](C)C2. The summed E-state index contributed by atoms with van der Waals surface area (Å²) in [6.07, 6.45) is 2.90. The highest BCUT2D eigenvalue weighted by Crippen LogP contribution is 2.36. The van der Waals surface area contributed by atoms with Crippen LogP contribution in [0.3, 0.4) is 0 Å². The summed E-state index contributed by atoms with van der Waals surface area (Å²) in [7, 11) is 0. The first-order valence-electron chi connectivity index (χ1n) is 7.87. The van der Waals surface area contributed by atoms with Gasteiger partial charge < -0.3 is 15.3 Å². The van der Waals surface area contributed by atoms with Gasteiger partial charge in [0, 0.05) is 6.54 Å². The quantitative estimate of drug-likeness (QED) is 0.878. The van der Waals surface area contributed by atoms with E-state index in [-0.39, 0.29) is 24.7 Å². The number of nitrogens with one attached hydrogen (secondary N) is 1. The molecule has 2 N–H and O–H groups in total. The van der Waals surface area contributed by atoms with E-state index in [9.17, 15) is 9.90 Å². The van der Waals surface area contributed by atoms with Gasteiger partial charge in [-0.25, -0.2) is 4.79 Å². The molecule has 1 aliphatic carbocycles. The van der Waals surface area contributed by atoms with Crippen molar-refractivity contribution >= 4 is 6.03 Å². The predicted octanol–water partition coefficient (Wildman–Crippen LogP) is 2.39. The van der Waals surface area contributed by atoms with Crippen LogP contribution in [0.5, 0.6) is 0 Å². The van der Waals surface area contributed by atoms with E-state index in [0.29, 0.717) is 5.92 Å². The Morgan fingerprint density at radius 3 is 3.05 bits per heavy atom. The number of aliphatic hydroxyl groups is 1. The van der Waals surface area contributed by atoms with E-state index in [1.165, 1.54) is 16.7 Å². The molecular formula is C17H24N2O2. The van der Waals surface area contributed by atoms with Crippen molar-refractivity contribution in [2.75, 3.05) is 13.2 Å². The van der Waals surface area contributed by atoms with Crippen molar-refractivity contribution in [3.63, 3.8) is 0 Å². The molecule has 3 rings (SSSR count). The Labute approximate surface area is 126 Å². The van der Waals surface area contributed by atoms with Crippen molar-refractivity contribution in [2.45, 2.75) is 45.2 Å². The molecule has 2 amide bonds. The summed E-state index contributed by atoms with van der Waals surface area (Å²) in [4.78, 5) is 14.3. The highest BCUT2D eigenvalue weighted by Gasteiger charge is 2.34. The molecule has 1 aromatic rings. The lowest BCUT2D eigenvalue weighted by molar-refractivity contribution is 0.153. The van der Waals surface area contributed by atoms with Crippen LogP contribution in [0.25, 0.3) is 0 Å². The van der Waals surface area contributed by atoms with Crippen molar-refractivity contribution in [3.8, 4) is 0 Å². The summed E-state index contributed by atoms with van der Waals surface area (Å²) < 4.78 is 0. The normalized spacial score (nSPS) is 27.8. The Hall–Kier alpha value is -1.55. The van der Waals surface area contributed by atoms with Gasteiger partial charge in [-0.3, -0.25) is 0 Å². The first-order chi connectivity index (χ1) is 10.1. The van der Waals surface area contributed by atoms with E-state index in [4.69, 9.17) is 0 Å². The largest absolute Gasteiger partial charge is 0.394 e. The van der Waals surface area contributed by atoms with Gasteiger partial charge in [0.2, 0.25) is 0 Å². The molecule has 4 heteroatoms. The zero-order valence-electron chi connectivity index (χ0n) is 12.8. The van der Waals surface area contributed by atoms with Gasteiger partial charge in [-0.05, 0) is 43.2 Å². The van der Waals surface area contributed by atoms with Crippen LogP contribution in [0.15, 0.2) is 18.2 Å². The Kier molecular flexibility index (Phi) is 3.89. The minimum atomic E-state index is -0.0299. The fourth-order valence-corrected chi connectivity index (χ4v) is 3.69. The van der Waals surface area contributed by atoms with Gasteiger partial charge in [0.15, 0.2) is 0 Å². The molecule has 1 heterocycles. The third kappa shape index (κ3) is 2.64. The molecule has 0 aromatic heterocycles. The van der Waals surface area contributed by atoms with Crippen LogP contribution < -0.4 is 5.32 Å². The third-order valence-corrected chi connectivity index (χ3v) is 4.88. The third-order valence-electron chi connectivity index (χ3n) is 4.88. The summed E-state index contributed by atoms with van der Waals surface area (Å²) in [6.45, 7) is 5.08. The molecule has 0 spiro atoms. The lowest BCUT2D eigenvalue weighted by Crippen LogP contribution is -2.45. The van der Waals surface area contributed by atoms with E-state index in [2.05, 4.69) is 37.4 Å². The molecule has 1 aliphatic heterocycles. The number of amides is 2. The van der Waals surface area contributed by atoms with Crippen LogP contribution in [0.2, 0.25) is 0 Å². The van der Waals surface area contributed by atoms with Gasteiger partial charge in [0.05, 0.1) is 18.7 Å². The summed E-state index contributed by atoms with van der Waals surface area (Å²) in [5, 5.41) is 12.6. The number of aliphatic hydroxyl groups excluding tert-OH is 1. The Morgan fingerprint density at radius 2 is 2.29 bits per heavy atom. The molecule has 4 nitrogen and oxygen atoms in total. The number of aryl methyl sites for hydroxylation is 1. The summed E-state index contributed by atoms with van der Waals surface area (Å²) >= 11 is 0. The number of rotatable bonds is 2. The van der Waals surface area contributed by atoms with Crippen molar-refractivity contribution in [1.82, 2.24) is 10.2 Å². The van der Waals surface area contributed by atoms with Crippen LogP contribution in [0, 0.1) is 12.8 Å². The predicted molar refractivity (Wildman–Crippen MR) is 82.1 cm³/mol. The fraction of sp³-hybridized carbons (Fsp3) is 0.588. The van der Waals surface area contributed by atoms with Gasteiger partial charge in [-0.1, -0.05) is 30.7 Å². The highest BCUT2D eigenvalue weighted by molar-refractivity contribution is 5.75. The molecule has 0 radical (unpaired) electrons. The zero-order chi connectivity index (χ0) is 15.0. The zero-order valence-corrected chi connectivity index (χ0v) is 12.8. The Morgan fingerprint density at radius 1 is 1.48 bits per heavy atom. The van der Waals surface area contributed by atoms with Gasteiger partial charge in [0.1, 0.15) is 0 Å². The second-order valence-corrected chi connectivity index (χ2v) is 6.48. The first kappa shape index (κ1) is 14.4. The van der Waals surface area contributed by atoms with Crippen LogP contribution in [-0.2, 0) is 6.42 Å². The summed E-state index contributed by atoms with van der Waals surface area (Å²) in [5.41, 5.74) is 3.84. The van der Waals surface area contributed by atoms with Gasteiger partial charge in [-0.15, -0.1) is 0 Å². The van der Waals surface area contributed by atoms with Gasteiger partial charge in [0.25, 0.3) is 0 Å². The molecule has 1 fully saturated rings. The van der Waals surface area contributed by atoms with Crippen LogP contribution in [-0.4, -0.2) is 35.2 Å². The number of hydrogen-bond donors (Lipinski definition) is 2. The minimum Gasteiger partial charge on any atom is -0.394 e. The fourth-order valence-electron chi connectivity index (χ4n) is 3.69. The van der Waals surface area contributed by atoms with Crippen LogP contribution in [0.4, 0.5) is 4.79 Å². The maximum Gasteiger partial charge on any atom is 0.318 e. The minimum absolute atomic E-state index is 0.0151. The lowest BCUT2D eigenvalue weighted by Gasteiger charge is -2.27. The maximum atomic E-state index is 12.5. The molecule has 0 bridgehead atoms. The van der Waals surface area contributed by atoms with E-state index in [1.807, 2.05) is 0 Å². The molecule has 114 valence electrons. The van der Waals surface area contributed by atoms with Crippen molar-refractivity contribution < 1.29 is 9.90 Å². The number of hydrogen-bond acceptors (Lipinski definition) is 2. The highest BCUT2D eigenvalue weighted by atomic mass is 16.3. The molecule has 0 unspecified atom stereocenters. The van der Waals surface area contributed by atoms with E-state index >= 15 is 0 Å². The van der Waals surface area contributed by atoms with Crippen molar-refractivity contribution in [3.05, 3.63) is 34.9 Å². The van der Waals surface area contributed by atoms with Gasteiger partial charge in [-0.2, -0.15) is 0 Å². The number of carbonyl (C=O) groups excluding carboxylic acids is 1. The standard InChI is InChI=1S/C17H24N2O2/c1-11-5-6-13-9-12(2)16(15(13)8-11)18-17(21)19-7-3-4-14(19)10-20/h5-6,8,12,14,16,20H,3-4,7,9-10H2,1-2H3,(H,18,21)/t12-,14+,16+/m1/s1. The molecule has 0 saturated carbocycles. The first-order valence-corrected chi connectivity index (χ1v) is 7.87. The van der Waals surface area contributed by atoms with Crippen molar-refractivity contribution in [1.29, 1.82) is 0 Å². The summed E-state index contributed by atoms with van der Waals surface area (Å²) in [6, 6.07) is 6.55. The average Bonchev–Trinajstić information content (AvgIpc) is 3.04. The number of carbonyl (C=O) groups is 1. The van der Waals surface area contributed by atoms with E-state index in [1.54, 1.807) is 4.90 Å². The Bertz CT molecular complexity index is 544.